The highest BCUT2D eigenvalue weighted by Gasteiger charge is 2.12. The number of nitrogens with one attached hydrogen (secondary N) is 1. The molecule has 23 heavy (non-hydrogen) atoms. The fourth-order valence-electron chi connectivity index (χ4n) is 2.76. The highest BCUT2D eigenvalue weighted by molar-refractivity contribution is 5.83. The van der Waals surface area contributed by atoms with E-state index in [0.717, 1.165) is 28.4 Å². The molecular formula is C20H17N3. The molecule has 4 aromatic rings. The molecule has 0 amide bonds. The van der Waals surface area contributed by atoms with Crippen LogP contribution in [0.25, 0.3) is 16.7 Å². The first-order chi connectivity index (χ1) is 11.3. The lowest BCUT2D eigenvalue weighted by atomic mass is 10.2. The van der Waals surface area contributed by atoms with E-state index in [1.165, 1.54) is 5.56 Å². The van der Waals surface area contributed by atoms with Gasteiger partial charge in [-0.05, 0) is 48.9 Å². The summed E-state index contributed by atoms with van der Waals surface area (Å²) in [6.45, 7) is 2.10. The van der Waals surface area contributed by atoms with Gasteiger partial charge in [-0.1, -0.05) is 42.5 Å². The van der Waals surface area contributed by atoms with Gasteiger partial charge in [0.2, 0.25) is 5.95 Å². The second kappa shape index (κ2) is 5.61. The van der Waals surface area contributed by atoms with Gasteiger partial charge in [0.25, 0.3) is 0 Å². The summed E-state index contributed by atoms with van der Waals surface area (Å²) in [6.07, 6.45) is 0. The third-order valence-electron chi connectivity index (χ3n) is 3.85. The largest absolute Gasteiger partial charge is 0.325 e. The number of aryl methyl sites for hydroxylation is 1. The number of rotatable bonds is 3. The normalized spacial score (nSPS) is 10.8. The molecule has 0 spiro atoms. The Morgan fingerprint density at radius 1 is 0.826 bits per heavy atom. The van der Waals surface area contributed by atoms with Gasteiger partial charge in [0, 0.05) is 11.4 Å². The van der Waals surface area contributed by atoms with Gasteiger partial charge in [0.15, 0.2) is 0 Å². The second-order valence-electron chi connectivity index (χ2n) is 5.59. The van der Waals surface area contributed by atoms with Gasteiger partial charge in [0.1, 0.15) is 0 Å². The first-order valence-electron chi connectivity index (χ1n) is 7.68. The molecule has 3 nitrogen and oxygen atoms in total. The molecule has 112 valence electrons. The van der Waals surface area contributed by atoms with Crippen LogP contribution in [-0.2, 0) is 0 Å². The van der Waals surface area contributed by atoms with E-state index >= 15 is 0 Å². The Bertz CT molecular complexity index is 941. The van der Waals surface area contributed by atoms with Crippen molar-refractivity contribution in [2.45, 2.75) is 6.92 Å². The third-order valence-corrected chi connectivity index (χ3v) is 3.85. The molecule has 3 aromatic carbocycles. The molecule has 0 aliphatic rings. The van der Waals surface area contributed by atoms with Crippen LogP contribution in [0.4, 0.5) is 11.6 Å². The van der Waals surface area contributed by atoms with Crippen molar-refractivity contribution in [3.05, 3.63) is 84.4 Å². The zero-order valence-electron chi connectivity index (χ0n) is 12.9. The molecule has 1 N–H and O–H groups in total. The second-order valence-corrected chi connectivity index (χ2v) is 5.59. The number of benzene rings is 3. The predicted molar refractivity (Wildman–Crippen MR) is 95.5 cm³/mol. The van der Waals surface area contributed by atoms with Crippen LogP contribution in [-0.4, -0.2) is 9.55 Å². The molecule has 0 saturated carbocycles. The van der Waals surface area contributed by atoms with Gasteiger partial charge in [0.05, 0.1) is 11.0 Å². The molecule has 0 fully saturated rings. The Labute approximate surface area is 135 Å². The van der Waals surface area contributed by atoms with Gasteiger partial charge in [-0.3, -0.25) is 4.57 Å². The summed E-state index contributed by atoms with van der Waals surface area (Å²) >= 11 is 0. The summed E-state index contributed by atoms with van der Waals surface area (Å²) in [7, 11) is 0. The van der Waals surface area contributed by atoms with Crippen molar-refractivity contribution in [3.63, 3.8) is 0 Å². The lowest BCUT2D eigenvalue weighted by Gasteiger charge is -2.11. The van der Waals surface area contributed by atoms with Crippen molar-refractivity contribution in [2.75, 3.05) is 5.32 Å². The van der Waals surface area contributed by atoms with Gasteiger partial charge in [-0.2, -0.15) is 0 Å². The number of hydrogen-bond acceptors (Lipinski definition) is 2. The number of para-hydroxylation sites is 2. The predicted octanol–water partition coefficient (Wildman–Crippen LogP) is 5.08. The van der Waals surface area contributed by atoms with Crippen LogP contribution in [0.15, 0.2) is 78.9 Å². The van der Waals surface area contributed by atoms with Crippen molar-refractivity contribution in [1.82, 2.24) is 9.55 Å². The Balaban J connectivity index is 1.92. The Hall–Kier alpha value is -3.07. The maximum Gasteiger partial charge on any atom is 0.213 e. The van der Waals surface area contributed by atoms with E-state index in [1.807, 2.05) is 48.5 Å². The fraction of sp³-hybridized carbons (Fsp3) is 0.0500. The van der Waals surface area contributed by atoms with Crippen LogP contribution in [0.1, 0.15) is 5.56 Å². The summed E-state index contributed by atoms with van der Waals surface area (Å²) in [6, 6.07) is 26.8. The zero-order chi connectivity index (χ0) is 15.6. The van der Waals surface area contributed by atoms with Crippen LogP contribution >= 0.6 is 0 Å². The lowest BCUT2D eigenvalue weighted by Crippen LogP contribution is -2.01. The summed E-state index contributed by atoms with van der Waals surface area (Å²) in [5.74, 6) is 0.822. The molecule has 0 atom stereocenters. The summed E-state index contributed by atoms with van der Waals surface area (Å²) in [5, 5.41) is 3.43. The maximum atomic E-state index is 4.78. The summed E-state index contributed by atoms with van der Waals surface area (Å²) in [4.78, 5) is 4.78. The average molecular weight is 299 g/mol. The monoisotopic (exact) mass is 299 g/mol. The smallest absolute Gasteiger partial charge is 0.213 e. The zero-order valence-corrected chi connectivity index (χ0v) is 12.9. The number of imidazole rings is 1. The van der Waals surface area contributed by atoms with E-state index in [2.05, 4.69) is 47.1 Å². The van der Waals surface area contributed by atoms with Crippen molar-refractivity contribution in [1.29, 1.82) is 0 Å². The summed E-state index contributed by atoms with van der Waals surface area (Å²) in [5.41, 5.74) is 5.43. The lowest BCUT2D eigenvalue weighted by molar-refractivity contribution is 1.10. The number of fused-ring (bicyclic) bond motifs is 1. The van der Waals surface area contributed by atoms with Crippen LogP contribution < -0.4 is 5.32 Å². The van der Waals surface area contributed by atoms with Gasteiger partial charge in [-0.25, -0.2) is 4.98 Å². The molecular weight excluding hydrogens is 282 g/mol. The molecule has 1 heterocycles. The van der Waals surface area contributed by atoms with Crippen LogP contribution in [0.5, 0.6) is 0 Å². The van der Waals surface area contributed by atoms with Gasteiger partial charge in [-0.15, -0.1) is 0 Å². The topological polar surface area (TPSA) is 29.9 Å². The number of hydrogen-bond donors (Lipinski definition) is 1. The van der Waals surface area contributed by atoms with E-state index in [-0.39, 0.29) is 0 Å². The minimum atomic E-state index is 0.822. The van der Waals surface area contributed by atoms with E-state index in [0.29, 0.717) is 0 Å². The number of aromatic nitrogens is 2. The third kappa shape index (κ3) is 2.57. The molecule has 0 aliphatic carbocycles. The van der Waals surface area contributed by atoms with E-state index in [4.69, 9.17) is 4.98 Å². The van der Waals surface area contributed by atoms with Crippen molar-refractivity contribution in [2.24, 2.45) is 0 Å². The highest BCUT2D eigenvalue weighted by Crippen LogP contribution is 2.27. The van der Waals surface area contributed by atoms with Crippen molar-refractivity contribution in [3.8, 4) is 5.69 Å². The van der Waals surface area contributed by atoms with Gasteiger partial charge < -0.3 is 5.32 Å². The maximum absolute atomic E-state index is 4.78. The van der Waals surface area contributed by atoms with E-state index < -0.39 is 0 Å². The molecule has 4 rings (SSSR count). The first-order valence-corrected chi connectivity index (χ1v) is 7.68. The van der Waals surface area contributed by atoms with E-state index in [1.54, 1.807) is 0 Å². The molecule has 1 aromatic heterocycles. The molecule has 3 heteroatoms. The fourth-order valence-corrected chi connectivity index (χ4v) is 2.76. The Kier molecular flexibility index (Phi) is 3.31. The Morgan fingerprint density at radius 3 is 2.26 bits per heavy atom. The van der Waals surface area contributed by atoms with Gasteiger partial charge >= 0.3 is 0 Å². The van der Waals surface area contributed by atoms with Crippen molar-refractivity contribution < 1.29 is 0 Å². The highest BCUT2D eigenvalue weighted by atomic mass is 15.2. The van der Waals surface area contributed by atoms with Crippen LogP contribution in [0.3, 0.4) is 0 Å². The molecule has 0 saturated heterocycles. The number of anilines is 2. The quantitative estimate of drug-likeness (QED) is 0.572. The standard InChI is InChI=1S/C20H17N3/c1-15-12-13-18-19(14-15)23(17-10-6-3-7-11-17)20(22-18)21-16-8-4-2-5-9-16/h2-14H,1H3,(H,21,22). The molecule has 0 aliphatic heterocycles. The first kappa shape index (κ1) is 13.6. The van der Waals surface area contributed by atoms with Crippen molar-refractivity contribution >= 4 is 22.7 Å². The van der Waals surface area contributed by atoms with E-state index in [9.17, 15) is 0 Å². The summed E-state index contributed by atoms with van der Waals surface area (Å²) < 4.78 is 2.16. The van der Waals surface area contributed by atoms with Crippen LogP contribution in [0.2, 0.25) is 0 Å². The average Bonchev–Trinajstić information content (AvgIpc) is 2.93. The number of nitrogens with zero attached hydrogens (tertiary/aromatic N) is 2. The van der Waals surface area contributed by atoms with Crippen LogP contribution in [0, 0.1) is 6.92 Å². The molecule has 0 bridgehead atoms. The SMILES string of the molecule is Cc1ccc2nc(Nc3ccccc3)n(-c3ccccc3)c2c1. The molecule has 0 radical (unpaired) electrons. The minimum absolute atomic E-state index is 0.822. The minimum Gasteiger partial charge on any atom is -0.325 e. The molecule has 0 unspecified atom stereocenters. The Morgan fingerprint density at radius 2 is 1.52 bits per heavy atom.